The third-order valence-corrected chi connectivity index (χ3v) is 9.44. The molecule has 15 nitrogen and oxygen atoms in total. The maximum Gasteiger partial charge on any atom is 0.256 e. The fourth-order valence-electron chi connectivity index (χ4n) is 6.80. The number of ether oxygens (including phenoxy) is 4. The minimum atomic E-state index is -0.221. The summed E-state index contributed by atoms with van der Waals surface area (Å²) in [4.78, 5) is 11.9. The van der Waals surface area contributed by atoms with Crippen LogP contribution in [0.1, 0.15) is 71.4 Å². The van der Waals surface area contributed by atoms with Gasteiger partial charge in [-0.2, -0.15) is 10.4 Å². The second-order valence-corrected chi connectivity index (χ2v) is 13.5. The van der Waals surface area contributed by atoms with E-state index in [1.165, 1.54) is 0 Å². The van der Waals surface area contributed by atoms with Gasteiger partial charge >= 0.3 is 0 Å². The van der Waals surface area contributed by atoms with Crippen molar-refractivity contribution in [1.29, 1.82) is 5.26 Å². The van der Waals surface area contributed by atoms with Gasteiger partial charge in [0.05, 0.1) is 49.3 Å². The highest BCUT2D eigenvalue weighted by molar-refractivity contribution is 5.67. The topological polar surface area (TPSA) is 159 Å². The number of aromatic nitrogens is 4. The Labute approximate surface area is 293 Å². The molecule has 0 bridgehead atoms. The lowest BCUT2D eigenvalue weighted by Crippen LogP contribution is -2.51. The molecule has 0 amide bonds. The van der Waals surface area contributed by atoms with Gasteiger partial charge in [0.2, 0.25) is 5.95 Å². The largest absolute Gasteiger partial charge is 0.487 e. The molecule has 3 aromatic rings. The Morgan fingerprint density at radius 1 is 1.04 bits per heavy atom. The highest BCUT2D eigenvalue weighted by Crippen LogP contribution is 2.35. The van der Waals surface area contributed by atoms with E-state index in [-0.39, 0.29) is 30.5 Å². The first-order valence-electron chi connectivity index (χ1n) is 17.5. The van der Waals surface area contributed by atoms with Gasteiger partial charge in [-0.15, -0.1) is 10.6 Å². The Morgan fingerprint density at radius 2 is 1.78 bits per heavy atom. The van der Waals surface area contributed by atoms with Crippen molar-refractivity contribution < 1.29 is 18.9 Å². The Morgan fingerprint density at radius 3 is 2.46 bits per heavy atom. The number of rotatable bonds is 14. The van der Waals surface area contributed by atoms with Gasteiger partial charge in [0.25, 0.3) is 5.88 Å². The molecule has 0 spiro atoms. The van der Waals surface area contributed by atoms with E-state index in [9.17, 15) is 5.26 Å². The molecule has 2 aliphatic heterocycles. The number of nitriles is 1. The van der Waals surface area contributed by atoms with Crippen LogP contribution in [0.2, 0.25) is 0 Å². The van der Waals surface area contributed by atoms with Crippen molar-refractivity contribution in [1.82, 2.24) is 40.7 Å². The van der Waals surface area contributed by atoms with E-state index in [0.29, 0.717) is 42.3 Å². The van der Waals surface area contributed by atoms with E-state index in [1.54, 1.807) is 36.9 Å². The number of benzene rings is 1. The van der Waals surface area contributed by atoms with Crippen LogP contribution in [0.4, 0.5) is 11.6 Å². The predicted molar refractivity (Wildman–Crippen MR) is 189 cm³/mol. The average Bonchev–Trinajstić information content (AvgIpc) is 3.78. The third kappa shape index (κ3) is 8.99. The van der Waals surface area contributed by atoms with Crippen LogP contribution in [0.25, 0.3) is 11.1 Å². The summed E-state index contributed by atoms with van der Waals surface area (Å²) in [6.07, 6.45) is 12.6. The average molecular weight is 688 g/mol. The zero-order valence-corrected chi connectivity index (χ0v) is 29.6. The normalized spacial score (nSPS) is 23.6. The highest BCUT2D eigenvalue weighted by atomic mass is 16.5. The monoisotopic (exact) mass is 687 g/mol. The van der Waals surface area contributed by atoms with E-state index >= 15 is 0 Å². The van der Waals surface area contributed by atoms with Gasteiger partial charge < -0.3 is 24.3 Å². The molecular weight excluding hydrogens is 638 g/mol. The van der Waals surface area contributed by atoms with Gasteiger partial charge in [-0.05, 0) is 71.1 Å². The van der Waals surface area contributed by atoms with E-state index in [4.69, 9.17) is 24.0 Å². The molecule has 2 aromatic heterocycles. The van der Waals surface area contributed by atoms with Crippen LogP contribution in [0.5, 0.6) is 11.6 Å². The fraction of sp³-hybridized carbons (Fsp3) is 0.571. The molecule has 1 unspecified atom stereocenters. The number of methoxy groups -OCH3 is 1. The number of hydrazine groups is 2. The highest BCUT2D eigenvalue weighted by Gasteiger charge is 2.32. The minimum Gasteiger partial charge on any atom is -0.487 e. The summed E-state index contributed by atoms with van der Waals surface area (Å²) in [5.74, 6) is 1.44. The van der Waals surface area contributed by atoms with Crippen LogP contribution in [0.3, 0.4) is 0 Å². The maximum absolute atomic E-state index is 9.69. The fourth-order valence-corrected chi connectivity index (χ4v) is 6.80. The molecule has 50 heavy (non-hydrogen) atoms. The number of nitrogens with one attached hydrogen (secondary N) is 3. The predicted octanol–water partition coefficient (Wildman–Crippen LogP) is 4.39. The minimum absolute atomic E-state index is 0.0791. The van der Waals surface area contributed by atoms with Crippen molar-refractivity contribution in [3.8, 4) is 28.8 Å². The van der Waals surface area contributed by atoms with Gasteiger partial charge in [-0.1, -0.05) is 6.07 Å². The molecule has 4 heterocycles. The lowest BCUT2D eigenvalue weighted by Gasteiger charge is -2.42. The Balaban J connectivity index is 1.13. The molecule has 268 valence electrons. The molecule has 1 saturated heterocycles. The smallest absolute Gasteiger partial charge is 0.256 e. The van der Waals surface area contributed by atoms with Gasteiger partial charge in [0.1, 0.15) is 29.9 Å². The van der Waals surface area contributed by atoms with Crippen molar-refractivity contribution in [3.05, 3.63) is 42.4 Å². The number of anilines is 2. The number of nitrogens with zero attached hydrogens (tertiary/aromatic N) is 8. The molecule has 15 heteroatoms. The first kappa shape index (κ1) is 35.3. The Bertz CT molecular complexity index is 1610. The number of hydrazone groups is 1. The molecule has 2 fully saturated rings. The summed E-state index contributed by atoms with van der Waals surface area (Å²) in [7, 11) is 1.70. The summed E-state index contributed by atoms with van der Waals surface area (Å²) >= 11 is 0. The lowest BCUT2D eigenvalue weighted by molar-refractivity contribution is -0.0852. The standard InChI is InChI=1S/C35H49N11O4/c1-23(47-5)12-13-48-34-32(21-46(41-34)31-10-8-30(9-11-31)44-18-24(2)49-25(3)19-44)40-35-37-16-29(17-38-35)27-6-7-28(15-36)33(14-27)50-26(4)20-45-22-39-42-43-45/h6-7,14,16-17,21-26,30-31,42-43H,8-13,18-20H2,1-5H3,(H,37,38,40)/t23?,24-,25+,26-,30?,31?/m0/s1. The van der Waals surface area contributed by atoms with Crippen molar-refractivity contribution in [2.75, 3.05) is 38.7 Å². The molecule has 6 rings (SSSR count). The lowest BCUT2D eigenvalue weighted by atomic mass is 9.89. The summed E-state index contributed by atoms with van der Waals surface area (Å²) in [6.45, 7) is 11.3. The van der Waals surface area contributed by atoms with Gasteiger partial charge in [-0.3, -0.25) is 14.6 Å². The molecule has 3 N–H and O–H groups in total. The Hall–Kier alpha value is -4.49. The first-order valence-corrected chi connectivity index (χ1v) is 17.5. The van der Waals surface area contributed by atoms with Gasteiger partial charge in [0.15, 0.2) is 0 Å². The van der Waals surface area contributed by atoms with E-state index in [0.717, 1.165) is 62.0 Å². The molecular formula is C35H49N11O4. The Kier molecular flexibility index (Phi) is 11.6. The van der Waals surface area contributed by atoms with Crippen LogP contribution in [0.15, 0.2) is 41.9 Å². The maximum atomic E-state index is 9.69. The zero-order chi connectivity index (χ0) is 35.0. The summed E-state index contributed by atoms with van der Waals surface area (Å²) in [5.41, 5.74) is 8.34. The summed E-state index contributed by atoms with van der Waals surface area (Å²) in [6, 6.07) is 8.54. The molecule has 0 radical (unpaired) electrons. The number of hydrogen-bond acceptors (Lipinski definition) is 14. The SMILES string of the molecule is COC(C)CCOc1nn(C2CCC(N3C[C@@H](C)O[C@@H](C)C3)CC2)cc1Nc1ncc(-c2ccc(C#N)c(O[C@@H](C)CN3C=NNN3)c2)cn1. The number of hydrogen-bond donors (Lipinski definition) is 3. The van der Waals surface area contributed by atoms with Crippen molar-refractivity contribution in [2.24, 2.45) is 5.10 Å². The van der Waals surface area contributed by atoms with Crippen LogP contribution in [-0.2, 0) is 9.47 Å². The van der Waals surface area contributed by atoms with E-state index < -0.39 is 0 Å². The van der Waals surface area contributed by atoms with Crippen molar-refractivity contribution in [2.45, 2.75) is 96.3 Å². The van der Waals surface area contributed by atoms with E-state index in [1.807, 2.05) is 32.2 Å². The van der Waals surface area contributed by atoms with E-state index in [2.05, 4.69) is 61.0 Å². The van der Waals surface area contributed by atoms with Crippen LogP contribution >= 0.6 is 0 Å². The number of morpholine rings is 1. The van der Waals surface area contributed by atoms with Gasteiger partial charge in [-0.25, -0.2) is 15.5 Å². The second kappa shape index (κ2) is 16.5. The molecule has 1 saturated carbocycles. The zero-order valence-electron chi connectivity index (χ0n) is 29.6. The van der Waals surface area contributed by atoms with Crippen LogP contribution < -0.4 is 25.9 Å². The van der Waals surface area contributed by atoms with Crippen LogP contribution in [0, 0.1) is 11.3 Å². The first-order chi connectivity index (χ1) is 24.3. The van der Waals surface area contributed by atoms with Gasteiger partial charge in [0, 0.05) is 50.6 Å². The van der Waals surface area contributed by atoms with Crippen molar-refractivity contribution >= 4 is 18.0 Å². The summed E-state index contributed by atoms with van der Waals surface area (Å²) in [5, 5.41) is 23.6. The van der Waals surface area contributed by atoms with Crippen molar-refractivity contribution in [3.63, 3.8) is 0 Å². The quantitative estimate of drug-likeness (QED) is 0.219. The second-order valence-electron chi connectivity index (χ2n) is 13.5. The van der Waals surface area contributed by atoms with Crippen LogP contribution in [-0.4, -0.2) is 99.8 Å². The summed E-state index contributed by atoms with van der Waals surface area (Å²) < 4.78 is 25.8. The molecule has 1 aromatic carbocycles. The molecule has 1 aliphatic carbocycles. The molecule has 4 atom stereocenters. The third-order valence-electron chi connectivity index (χ3n) is 9.44. The molecule has 3 aliphatic rings.